The van der Waals surface area contributed by atoms with E-state index in [1.165, 1.54) is 11.8 Å². The van der Waals surface area contributed by atoms with Crippen molar-refractivity contribution in [1.29, 1.82) is 0 Å². The van der Waals surface area contributed by atoms with Gasteiger partial charge in [-0.1, -0.05) is 18.2 Å². The molecule has 0 aliphatic carbocycles. The first-order chi connectivity index (χ1) is 8.59. The van der Waals surface area contributed by atoms with E-state index >= 15 is 0 Å². The van der Waals surface area contributed by atoms with Crippen molar-refractivity contribution in [3.63, 3.8) is 0 Å². The van der Waals surface area contributed by atoms with E-state index in [0.29, 0.717) is 6.54 Å². The van der Waals surface area contributed by atoms with Crippen LogP contribution in [-0.2, 0) is 14.3 Å². The van der Waals surface area contributed by atoms with Crippen molar-refractivity contribution in [2.45, 2.75) is 6.92 Å². The van der Waals surface area contributed by atoms with Gasteiger partial charge in [-0.05, 0) is 12.1 Å². The fraction of sp³-hybridized carbons (Fsp3) is 0.385. The Morgan fingerprint density at radius 2 is 1.94 bits per heavy atom. The molecule has 1 N–H and O–H groups in total. The standard InChI is InChI=1S/C13H18N2O3/c1-11(16)15(2)10-13(17)18-9-8-14-12-6-4-3-5-7-12/h3-7,14H,8-10H2,1-2H3. The molecule has 1 amide bonds. The van der Waals surface area contributed by atoms with Gasteiger partial charge in [0, 0.05) is 26.2 Å². The first-order valence-corrected chi connectivity index (χ1v) is 5.76. The lowest BCUT2D eigenvalue weighted by Gasteiger charge is -2.13. The maximum Gasteiger partial charge on any atom is 0.325 e. The van der Waals surface area contributed by atoms with Crippen LogP contribution in [0.4, 0.5) is 5.69 Å². The van der Waals surface area contributed by atoms with Crippen LogP contribution in [0, 0.1) is 0 Å². The lowest BCUT2D eigenvalue weighted by atomic mass is 10.3. The van der Waals surface area contributed by atoms with Crippen molar-refractivity contribution in [2.24, 2.45) is 0 Å². The van der Waals surface area contributed by atoms with Gasteiger partial charge in [0.25, 0.3) is 0 Å². The summed E-state index contributed by atoms with van der Waals surface area (Å²) in [5.74, 6) is -0.558. The molecule has 5 nitrogen and oxygen atoms in total. The Morgan fingerprint density at radius 3 is 2.56 bits per heavy atom. The number of hydrogen-bond donors (Lipinski definition) is 1. The Hall–Kier alpha value is -2.04. The second-order valence-electron chi connectivity index (χ2n) is 3.89. The van der Waals surface area contributed by atoms with Gasteiger partial charge in [-0.25, -0.2) is 0 Å². The number of para-hydroxylation sites is 1. The van der Waals surface area contributed by atoms with E-state index in [-0.39, 0.29) is 19.1 Å². The highest BCUT2D eigenvalue weighted by molar-refractivity contribution is 5.80. The number of rotatable bonds is 6. The second-order valence-corrected chi connectivity index (χ2v) is 3.89. The van der Waals surface area contributed by atoms with Crippen LogP contribution in [0.25, 0.3) is 0 Å². The number of likely N-dealkylation sites (N-methyl/N-ethyl adjacent to an activating group) is 1. The number of benzene rings is 1. The molecular formula is C13H18N2O3. The molecule has 0 saturated carbocycles. The summed E-state index contributed by atoms with van der Waals surface area (Å²) in [4.78, 5) is 23.5. The SMILES string of the molecule is CC(=O)N(C)CC(=O)OCCNc1ccccc1. The van der Waals surface area contributed by atoms with Crippen molar-refractivity contribution in [2.75, 3.05) is 32.1 Å². The van der Waals surface area contributed by atoms with Crippen molar-refractivity contribution in [1.82, 2.24) is 4.90 Å². The second kappa shape index (κ2) is 7.32. The van der Waals surface area contributed by atoms with E-state index < -0.39 is 5.97 Å². The molecule has 0 aromatic heterocycles. The van der Waals surface area contributed by atoms with Crippen LogP contribution in [0.2, 0.25) is 0 Å². The van der Waals surface area contributed by atoms with E-state index in [1.54, 1.807) is 7.05 Å². The highest BCUT2D eigenvalue weighted by atomic mass is 16.5. The first-order valence-electron chi connectivity index (χ1n) is 5.76. The fourth-order valence-corrected chi connectivity index (χ4v) is 1.27. The monoisotopic (exact) mass is 250 g/mol. The molecule has 0 heterocycles. The van der Waals surface area contributed by atoms with E-state index in [0.717, 1.165) is 5.69 Å². The van der Waals surface area contributed by atoms with Gasteiger partial charge in [-0.15, -0.1) is 0 Å². The van der Waals surface area contributed by atoms with E-state index in [1.807, 2.05) is 30.3 Å². The summed E-state index contributed by atoms with van der Waals surface area (Å²) in [7, 11) is 1.56. The molecule has 0 spiro atoms. The highest BCUT2D eigenvalue weighted by Crippen LogP contribution is 2.03. The number of anilines is 1. The molecule has 0 radical (unpaired) electrons. The molecule has 0 aliphatic heterocycles. The summed E-state index contributed by atoms with van der Waals surface area (Å²) < 4.78 is 4.99. The third kappa shape index (κ3) is 5.34. The Labute approximate surface area is 107 Å². The average molecular weight is 250 g/mol. The maximum absolute atomic E-state index is 11.3. The van der Waals surface area contributed by atoms with Crippen LogP contribution in [0.1, 0.15) is 6.92 Å². The molecule has 0 atom stereocenters. The van der Waals surface area contributed by atoms with Gasteiger partial charge < -0.3 is 15.0 Å². The van der Waals surface area contributed by atoms with Gasteiger partial charge in [0.05, 0.1) is 0 Å². The largest absolute Gasteiger partial charge is 0.462 e. The molecule has 1 aromatic rings. The Morgan fingerprint density at radius 1 is 1.28 bits per heavy atom. The minimum atomic E-state index is -0.400. The number of carbonyl (C=O) groups excluding carboxylic acids is 2. The van der Waals surface area contributed by atoms with Crippen LogP contribution in [0.15, 0.2) is 30.3 Å². The van der Waals surface area contributed by atoms with Gasteiger partial charge in [-0.3, -0.25) is 9.59 Å². The summed E-state index contributed by atoms with van der Waals surface area (Å²) in [6.45, 7) is 2.21. The van der Waals surface area contributed by atoms with Crippen molar-refractivity contribution in [3.05, 3.63) is 30.3 Å². The smallest absolute Gasteiger partial charge is 0.325 e. The molecule has 98 valence electrons. The van der Waals surface area contributed by atoms with Crippen molar-refractivity contribution < 1.29 is 14.3 Å². The number of hydrogen-bond acceptors (Lipinski definition) is 4. The zero-order valence-corrected chi connectivity index (χ0v) is 10.7. The van der Waals surface area contributed by atoms with Crippen LogP contribution < -0.4 is 5.32 Å². The zero-order valence-electron chi connectivity index (χ0n) is 10.7. The predicted molar refractivity (Wildman–Crippen MR) is 69.2 cm³/mol. The Balaban J connectivity index is 2.14. The lowest BCUT2D eigenvalue weighted by molar-refractivity contribution is -0.147. The maximum atomic E-state index is 11.3. The first kappa shape index (κ1) is 14.0. The molecule has 0 bridgehead atoms. The van der Waals surface area contributed by atoms with Crippen molar-refractivity contribution >= 4 is 17.6 Å². The normalized spacial score (nSPS) is 9.67. The van der Waals surface area contributed by atoms with Crippen molar-refractivity contribution in [3.8, 4) is 0 Å². The number of carbonyl (C=O) groups is 2. The molecule has 0 aliphatic rings. The van der Waals surface area contributed by atoms with Crippen LogP contribution in [0.5, 0.6) is 0 Å². The minimum Gasteiger partial charge on any atom is -0.462 e. The summed E-state index contributed by atoms with van der Waals surface area (Å²) in [6.07, 6.45) is 0. The number of esters is 1. The number of nitrogens with zero attached hydrogens (tertiary/aromatic N) is 1. The van der Waals surface area contributed by atoms with Gasteiger partial charge in [-0.2, -0.15) is 0 Å². The number of nitrogens with one attached hydrogen (secondary N) is 1. The molecule has 0 fully saturated rings. The summed E-state index contributed by atoms with van der Waals surface area (Å²) in [5.41, 5.74) is 0.981. The highest BCUT2D eigenvalue weighted by Gasteiger charge is 2.09. The molecule has 5 heteroatoms. The molecule has 0 unspecified atom stereocenters. The Kier molecular flexibility index (Phi) is 5.70. The fourth-order valence-electron chi connectivity index (χ4n) is 1.27. The lowest BCUT2D eigenvalue weighted by Crippen LogP contribution is -2.31. The quantitative estimate of drug-likeness (QED) is 0.607. The van der Waals surface area contributed by atoms with Gasteiger partial charge in [0.1, 0.15) is 13.2 Å². The third-order valence-corrected chi connectivity index (χ3v) is 2.37. The summed E-state index contributed by atoms with van der Waals surface area (Å²) >= 11 is 0. The molecule has 1 aromatic carbocycles. The molecule has 0 saturated heterocycles. The minimum absolute atomic E-state index is 0.0132. The van der Waals surface area contributed by atoms with E-state index in [9.17, 15) is 9.59 Å². The topological polar surface area (TPSA) is 58.6 Å². The third-order valence-electron chi connectivity index (χ3n) is 2.37. The summed E-state index contributed by atoms with van der Waals surface area (Å²) in [5, 5.41) is 3.12. The zero-order chi connectivity index (χ0) is 13.4. The number of ether oxygens (including phenoxy) is 1. The van der Waals surface area contributed by atoms with Gasteiger partial charge in [0.2, 0.25) is 5.91 Å². The molecular weight excluding hydrogens is 232 g/mol. The van der Waals surface area contributed by atoms with Crippen LogP contribution >= 0.6 is 0 Å². The van der Waals surface area contributed by atoms with Gasteiger partial charge in [0.15, 0.2) is 0 Å². The average Bonchev–Trinajstić information content (AvgIpc) is 2.35. The number of amides is 1. The molecule has 1 rings (SSSR count). The summed E-state index contributed by atoms with van der Waals surface area (Å²) in [6, 6.07) is 9.66. The van der Waals surface area contributed by atoms with Crippen LogP contribution in [0.3, 0.4) is 0 Å². The van der Waals surface area contributed by atoms with Crippen LogP contribution in [-0.4, -0.2) is 43.5 Å². The van der Waals surface area contributed by atoms with E-state index in [2.05, 4.69) is 5.32 Å². The Bertz CT molecular complexity index is 392. The predicted octanol–water partition coefficient (Wildman–Crippen LogP) is 1.12. The molecule has 18 heavy (non-hydrogen) atoms. The van der Waals surface area contributed by atoms with E-state index in [4.69, 9.17) is 4.74 Å². The van der Waals surface area contributed by atoms with Gasteiger partial charge >= 0.3 is 5.97 Å².